The summed E-state index contributed by atoms with van der Waals surface area (Å²) < 4.78 is 5.17. The molecular formula is C21H23N3O3. The highest BCUT2D eigenvalue weighted by Crippen LogP contribution is 2.20. The summed E-state index contributed by atoms with van der Waals surface area (Å²) in [5, 5.41) is 4.38. The van der Waals surface area contributed by atoms with E-state index in [1.165, 1.54) is 5.01 Å². The Hall–Kier alpha value is -3.28. The molecule has 2 amide bonds. The van der Waals surface area contributed by atoms with Crippen LogP contribution in [0.4, 0.5) is 0 Å². The lowest BCUT2D eigenvalue weighted by Crippen LogP contribution is -2.45. The van der Waals surface area contributed by atoms with Gasteiger partial charge in [-0.15, -0.1) is 0 Å². The Labute approximate surface area is 158 Å². The fraction of sp³-hybridized carbons (Fsp3) is 0.238. The molecule has 6 heteroatoms. The average Bonchev–Trinajstić information content (AvgIpc) is 2.72. The number of hydrogen-bond acceptors (Lipinski definition) is 4. The molecule has 1 aliphatic rings. The summed E-state index contributed by atoms with van der Waals surface area (Å²) in [6, 6.07) is 17.3. The minimum atomic E-state index is -0.0889. The van der Waals surface area contributed by atoms with Crippen LogP contribution in [-0.4, -0.2) is 30.5 Å². The molecule has 6 nitrogen and oxygen atoms in total. The predicted molar refractivity (Wildman–Crippen MR) is 103 cm³/mol. The van der Waals surface area contributed by atoms with Crippen LogP contribution in [0.5, 0.6) is 5.75 Å². The van der Waals surface area contributed by atoms with Crippen molar-refractivity contribution < 1.29 is 14.3 Å². The quantitative estimate of drug-likeness (QED) is 0.791. The Kier molecular flexibility index (Phi) is 6.10. The number of rotatable bonds is 7. The van der Waals surface area contributed by atoms with Gasteiger partial charge in [0.1, 0.15) is 5.75 Å². The van der Waals surface area contributed by atoms with Crippen molar-refractivity contribution in [3.8, 4) is 5.75 Å². The molecule has 2 aromatic carbocycles. The van der Waals surface area contributed by atoms with Crippen LogP contribution in [0.25, 0.3) is 5.70 Å². The first-order chi connectivity index (χ1) is 13.2. The monoisotopic (exact) mass is 365 g/mol. The molecule has 3 rings (SSSR count). The topological polar surface area (TPSA) is 70.7 Å². The van der Waals surface area contributed by atoms with Crippen LogP contribution in [0.3, 0.4) is 0 Å². The van der Waals surface area contributed by atoms with Gasteiger partial charge in [-0.2, -0.15) is 0 Å². The number of nitrogens with zero attached hydrogens (tertiary/aromatic N) is 1. The minimum Gasteiger partial charge on any atom is -0.497 e. The third-order valence-corrected chi connectivity index (χ3v) is 4.33. The predicted octanol–water partition coefficient (Wildman–Crippen LogP) is 2.48. The molecule has 1 heterocycles. The SMILES string of the molecule is COc1ccc(C2=CCC(=O)N(CCC(=O)NCc3ccccc3)N2)cc1. The van der Waals surface area contributed by atoms with Crippen LogP contribution in [0.1, 0.15) is 24.0 Å². The average molecular weight is 365 g/mol. The van der Waals surface area contributed by atoms with Gasteiger partial charge in [0.2, 0.25) is 11.8 Å². The third kappa shape index (κ3) is 5.10. The van der Waals surface area contributed by atoms with Gasteiger partial charge in [-0.25, -0.2) is 0 Å². The Morgan fingerprint density at radius 1 is 1.15 bits per heavy atom. The normalized spacial score (nSPS) is 13.6. The lowest BCUT2D eigenvalue weighted by atomic mass is 10.1. The molecule has 0 saturated carbocycles. The second-order valence-electron chi connectivity index (χ2n) is 6.22. The molecular weight excluding hydrogens is 342 g/mol. The van der Waals surface area contributed by atoms with Crippen LogP contribution in [0.2, 0.25) is 0 Å². The smallest absolute Gasteiger partial charge is 0.244 e. The fourth-order valence-electron chi connectivity index (χ4n) is 2.78. The molecule has 0 spiro atoms. The van der Waals surface area contributed by atoms with Crippen LogP contribution < -0.4 is 15.5 Å². The summed E-state index contributed by atoms with van der Waals surface area (Å²) in [5.41, 5.74) is 5.96. The van der Waals surface area contributed by atoms with E-state index in [4.69, 9.17) is 4.74 Å². The number of carbonyl (C=O) groups is 2. The van der Waals surface area contributed by atoms with Crippen molar-refractivity contribution in [3.05, 3.63) is 71.8 Å². The molecule has 0 fully saturated rings. The van der Waals surface area contributed by atoms with Crippen molar-refractivity contribution in [2.45, 2.75) is 19.4 Å². The summed E-state index contributed by atoms with van der Waals surface area (Å²) in [5.74, 6) is 0.635. The lowest BCUT2D eigenvalue weighted by Gasteiger charge is -2.29. The zero-order chi connectivity index (χ0) is 19.1. The van der Waals surface area contributed by atoms with E-state index in [9.17, 15) is 9.59 Å². The van der Waals surface area contributed by atoms with E-state index in [1.807, 2.05) is 60.7 Å². The number of hydrogen-bond donors (Lipinski definition) is 2. The molecule has 0 aromatic heterocycles. The van der Waals surface area contributed by atoms with E-state index in [0.29, 0.717) is 19.5 Å². The van der Waals surface area contributed by atoms with E-state index in [0.717, 1.165) is 22.6 Å². The first-order valence-corrected chi connectivity index (χ1v) is 8.88. The second-order valence-corrected chi connectivity index (χ2v) is 6.22. The Morgan fingerprint density at radius 2 is 1.89 bits per heavy atom. The standard InChI is InChI=1S/C21H23N3O3/c1-27-18-9-7-17(8-10-18)19-11-12-21(26)24(23-19)14-13-20(25)22-15-16-5-3-2-4-6-16/h2-11,23H,12-15H2,1H3,(H,22,25). The number of methoxy groups -OCH3 is 1. The highest BCUT2D eigenvalue weighted by molar-refractivity contribution is 5.84. The van der Waals surface area contributed by atoms with Gasteiger partial charge in [-0.3, -0.25) is 20.0 Å². The van der Waals surface area contributed by atoms with Crippen LogP contribution >= 0.6 is 0 Å². The van der Waals surface area contributed by atoms with Gasteiger partial charge in [0.05, 0.1) is 19.4 Å². The molecule has 0 bridgehead atoms. The largest absolute Gasteiger partial charge is 0.497 e. The fourth-order valence-corrected chi connectivity index (χ4v) is 2.78. The van der Waals surface area contributed by atoms with Gasteiger partial charge in [-0.05, 0) is 41.5 Å². The molecule has 2 N–H and O–H groups in total. The molecule has 1 aliphatic heterocycles. The zero-order valence-corrected chi connectivity index (χ0v) is 15.3. The van der Waals surface area contributed by atoms with E-state index in [-0.39, 0.29) is 18.2 Å². The molecule has 0 aliphatic carbocycles. The van der Waals surface area contributed by atoms with Crippen molar-refractivity contribution in [2.75, 3.05) is 13.7 Å². The van der Waals surface area contributed by atoms with Gasteiger partial charge in [0, 0.05) is 19.4 Å². The van der Waals surface area contributed by atoms with Crippen LogP contribution in [0, 0.1) is 0 Å². The van der Waals surface area contributed by atoms with Crippen molar-refractivity contribution in [3.63, 3.8) is 0 Å². The Bertz CT molecular complexity index is 816. The number of carbonyl (C=O) groups excluding carboxylic acids is 2. The first-order valence-electron chi connectivity index (χ1n) is 8.88. The molecule has 0 saturated heterocycles. The maximum absolute atomic E-state index is 12.1. The van der Waals surface area contributed by atoms with Crippen molar-refractivity contribution in [1.82, 2.24) is 15.8 Å². The summed E-state index contributed by atoms with van der Waals surface area (Å²) >= 11 is 0. The molecule has 27 heavy (non-hydrogen) atoms. The molecule has 2 aromatic rings. The Morgan fingerprint density at radius 3 is 2.59 bits per heavy atom. The number of benzene rings is 2. The number of ether oxygens (including phenoxy) is 1. The maximum Gasteiger partial charge on any atom is 0.244 e. The van der Waals surface area contributed by atoms with Gasteiger partial charge in [0.15, 0.2) is 0 Å². The van der Waals surface area contributed by atoms with Crippen molar-refractivity contribution in [2.24, 2.45) is 0 Å². The summed E-state index contributed by atoms with van der Waals surface area (Å²) in [6.07, 6.45) is 2.40. The van der Waals surface area contributed by atoms with Gasteiger partial charge in [0.25, 0.3) is 0 Å². The van der Waals surface area contributed by atoms with Crippen LogP contribution in [0.15, 0.2) is 60.7 Å². The Balaban J connectivity index is 1.51. The minimum absolute atomic E-state index is 0.0527. The van der Waals surface area contributed by atoms with Gasteiger partial charge >= 0.3 is 0 Å². The van der Waals surface area contributed by atoms with Crippen LogP contribution in [-0.2, 0) is 16.1 Å². The van der Waals surface area contributed by atoms with Gasteiger partial charge < -0.3 is 10.1 Å². The van der Waals surface area contributed by atoms with E-state index < -0.39 is 0 Å². The molecule has 0 atom stereocenters. The summed E-state index contributed by atoms with van der Waals surface area (Å²) in [4.78, 5) is 24.2. The molecule has 140 valence electrons. The number of amides is 2. The first kappa shape index (κ1) is 18.5. The molecule has 0 radical (unpaired) electrons. The summed E-state index contributed by atoms with van der Waals surface area (Å²) in [6.45, 7) is 0.797. The van der Waals surface area contributed by atoms with Crippen molar-refractivity contribution >= 4 is 17.5 Å². The van der Waals surface area contributed by atoms with Gasteiger partial charge in [-0.1, -0.05) is 30.3 Å². The maximum atomic E-state index is 12.1. The van der Waals surface area contributed by atoms with E-state index in [2.05, 4.69) is 10.7 Å². The van der Waals surface area contributed by atoms with Crippen molar-refractivity contribution in [1.29, 1.82) is 0 Å². The highest BCUT2D eigenvalue weighted by Gasteiger charge is 2.20. The summed E-state index contributed by atoms with van der Waals surface area (Å²) in [7, 11) is 1.62. The molecule has 0 unspecified atom stereocenters. The second kappa shape index (κ2) is 8.89. The highest BCUT2D eigenvalue weighted by atomic mass is 16.5. The zero-order valence-electron chi connectivity index (χ0n) is 15.3. The lowest BCUT2D eigenvalue weighted by molar-refractivity contribution is -0.133. The number of nitrogens with one attached hydrogen (secondary N) is 2. The third-order valence-electron chi connectivity index (χ3n) is 4.33. The number of hydrazine groups is 1. The van der Waals surface area contributed by atoms with E-state index >= 15 is 0 Å². The van der Waals surface area contributed by atoms with E-state index in [1.54, 1.807) is 7.11 Å².